The molecule has 1 aliphatic rings. The number of para-hydroxylation sites is 1. The fraction of sp³-hybridized carbons (Fsp3) is 0.333. The molecule has 0 fully saturated rings. The minimum absolute atomic E-state index is 0.130. The second kappa shape index (κ2) is 7.62. The molecule has 0 N–H and O–H groups in total. The van der Waals surface area contributed by atoms with Crippen molar-refractivity contribution in [1.29, 1.82) is 0 Å². The summed E-state index contributed by atoms with van der Waals surface area (Å²) in [5, 5.41) is 0.182. The number of hydrogen-bond acceptors (Lipinski definition) is 3. The van der Waals surface area contributed by atoms with Crippen LogP contribution in [0.25, 0.3) is 0 Å². The molecule has 0 radical (unpaired) electrons. The molecule has 0 aliphatic carbocycles. The number of anilines is 1. The first-order valence-electron chi connectivity index (χ1n) is 8.79. The number of carbonyl (C=O) groups excluding carboxylic acids is 2. The topological polar surface area (TPSA) is 46.6 Å². The van der Waals surface area contributed by atoms with E-state index in [2.05, 4.69) is 15.9 Å². The van der Waals surface area contributed by atoms with Gasteiger partial charge >= 0.3 is 5.97 Å². The molecular formula is C21H20BrF2NO3. The van der Waals surface area contributed by atoms with E-state index in [4.69, 9.17) is 4.74 Å². The van der Waals surface area contributed by atoms with Crippen LogP contribution in [0, 0.1) is 11.6 Å². The van der Waals surface area contributed by atoms with Gasteiger partial charge in [-0.25, -0.2) is 8.78 Å². The molecule has 1 heterocycles. The van der Waals surface area contributed by atoms with Crippen molar-refractivity contribution >= 4 is 33.5 Å². The van der Waals surface area contributed by atoms with Crippen molar-refractivity contribution in [3.05, 3.63) is 65.2 Å². The minimum atomic E-state index is -0.976. The molecule has 4 nitrogen and oxygen atoms in total. The van der Waals surface area contributed by atoms with Crippen molar-refractivity contribution in [3.63, 3.8) is 0 Å². The van der Waals surface area contributed by atoms with E-state index in [1.165, 1.54) is 36.1 Å². The van der Waals surface area contributed by atoms with Gasteiger partial charge in [0.25, 0.3) is 0 Å². The number of ether oxygens (including phenoxy) is 1. The molecule has 1 aliphatic heterocycles. The Hall–Kier alpha value is -2.28. The van der Waals surface area contributed by atoms with Crippen molar-refractivity contribution in [2.75, 3.05) is 10.2 Å². The number of halogens is 3. The molecular weight excluding hydrogens is 432 g/mol. The van der Waals surface area contributed by atoms with Crippen LogP contribution < -0.4 is 4.90 Å². The molecule has 2 atom stereocenters. The first kappa shape index (κ1) is 20.5. The molecule has 0 bridgehead atoms. The predicted octanol–water partition coefficient (Wildman–Crippen LogP) is 4.66. The maximum absolute atomic E-state index is 14.9. The van der Waals surface area contributed by atoms with Gasteiger partial charge in [-0.05, 0) is 43.2 Å². The van der Waals surface area contributed by atoms with E-state index in [0.717, 1.165) is 0 Å². The van der Waals surface area contributed by atoms with Crippen LogP contribution in [0.5, 0.6) is 0 Å². The Bertz CT molecular complexity index is 932. The predicted molar refractivity (Wildman–Crippen MR) is 105 cm³/mol. The zero-order chi connectivity index (χ0) is 20.6. The number of rotatable bonds is 5. The summed E-state index contributed by atoms with van der Waals surface area (Å²) in [5.41, 5.74) is 0.0988. The molecule has 0 aromatic heterocycles. The lowest BCUT2D eigenvalue weighted by atomic mass is 9.86. The molecule has 0 spiro atoms. The standard InChI is InChI=1S/C21H20BrF2NO3/c1-12(26)28-17(11-22)18(13-6-4-7-14(23)10-13)25-19-15(8-5-9-16(19)24)21(2,3)20(25)27/h4-10,17-18H,11H2,1-3H3/t17-,18+/m1/s1. The van der Waals surface area contributed by atoms with Gasteiger partial charge in [-0.2, -0.15) is 0 Å². The highest BCUT2D eigenvalue weighted by atomic mass is 79.9. The average Bonchev–Trinajstić information content (AvgIpc) is 2.83. The van der Waals surface area contributed by atoms with Crippen molar-refractivity contribution in [3.8, 4) is 0 Å². The van der Waals surface area contributed by atoms with Crippen LogP contribution in [-0.4, -0.2) is 23.3 Å². The van der Waals surface area contributed by atoms with Gasteiger partial charge in [0.1, 0.15) is 17.7 Å². The van der Waals surface area contributed by atoms with E-state index >= 15 is 0 Å². The number of carbonyl (C=O) groups is 2. The molecule has 28 heavy (non-hydrogen) atoms. The Morgan fingerprint density at radius 1 is 1.21 bits per heavy atom. The summed E-state index contributed by atoms with van der Waals surface area (Å²) < 4.78 is 34.2. The molecule has 0 unspecified atom stereocenters. The lowest BCUT2D eigenvalue weighted by molar-refractivity contribution is -0.146. The van der Waals surface area contributed by atoms with Crippen LogP contribution in [0.15, 0.2) is 42.5 Å². The van der Waals surface area contributed by atoms with Crippen LogP contribution in [0.3, 0.4) is 0 Å². The number of nitrogens with zero attached hydrogens (tertiary/aromatic N) is 1. The second-order valence-corrected chi connectivity index (χ2v) is 7.89. The van der Waals surface area contributed by atoms with Gasteiger partial charge in [-0.15, -0.1) is 0 Å². The monoisotopic (exact) mass is 451 g/mol. The smallest absolute Gasteiger partial charge is 0.303 e. The number of esters is 1. The molecule has 2 aromatic rings. The minimum Gasteiger partial charge on any atom is -0.459 e. The summed E-state index contributed by atoms with van der Waals surface area (Å²) in [5.74, 6) is -1.96. The summed E-state index contributed by atoms with van der Waals surface area (Å²) >= 11 is 3.31. The Kier molecular flexibility index (Phi) is 5.57. The third-order valence-electron chi connectivity index (χ3n) is 4.94. The first-order valence-corrected chi connectivity index (χ1v) is 9.92. The number of fused-ring (bicyclic) bond motifs is 1. The normalized spacial score (nSPS) is 17.2. The Labute approximate surface area is 170 Å². The van der Waals surface area contributed by atoms with Gasteiger partial charge in [0.15, 0.2) is 0 Å². The van der Waals surface area contributed by atoms with E-state index in [9.17, 15) is 18.4 Å². The molecule has 0 saturated carbocycles. The highest BCUT2D eigenvalue weighted by Crippen LogP contribution is 2.48. The largest absolute Gasteiger partial charge is 0.459 e. The van der Waals surface area contributed by atoms with Crippen LogP contribution in [0.2, 0.25) is 0 Å². The summed E-state index contributed by atoms with van der Waals surface area (Å²) in [6.45, 7) is 4.68. The molecule has 1 amide bonds. The quantitative estimate of drug-likeness (QED) is 0.490. The summed E-state index contributed by atoms with van der Waals surface area (Å²) in [4.78, 5) is 26.3. The summed E-state index contributed by atoms with van der Waals surface area (Å²) in [7, 11) is 0. The Morgan fingerprint density at radius 2 is 1.89 bits per heavy atom. The third kappa shape index (κ3) is 3.43. The van der Waals surface area contributed by atoms with E-state index in [1.807, 2.05) is 0 Å². The molecule has 148 valence electrons. The Morgan fingerprint density at radius 3 is 2.50 bits per heavy atom. The molecule has 7 heteroatoms. The zero-order valence-corrected chi connectivity index (χ0v) is 17.3. The van der Waals surface area contributed by atoms with Crippen LogP contribution in [0.4, 0.5) is 14.5 Å². The summed E-state index contributed by atoms with van der Waals surface area (Å²) in [6.07, 6.45) is -0.843. The molecule has 0 saturated heterocycles. The molecule has 2 aromatic carbocycles. The summed E-state index contributed by atoms with van der Waals surface area (Å²) in [6, 6.07) is 9.31. The van der Waals surface area contributed by atoms with Crippen molar-refractivity contribution < 1.29 is 23.1 Å². The highest BCUT2D eigenvalue weighted by molar-refractivity contribution is 9.09. The van der Waals surface area contributed by atoms with Gasteiger partial charge < -0.3 is 4.74 Å². The zero-order valence-electron chi connectivity index (χ0n) is 15.7. The van der Waals surface area contributed by atoms with Crippen LogP contribution in [-0.2, 0) is 19.7 Å². The highest BCUT2D eigenvalue weighted by Gasteiger charge is 2.50. The van der Waals surface area contributed by atoms with Crippen molar-refractivity contribution in [1.82, 2.24) is 0 Å². The van der Waals surface area contributed by atoms with E-state index < -0.39 is 35.2 Å². The van der Waals surface area contributed by atoms with E-state index in [0.29, 0.717) is 11.1 Å². The van der Waals surface area contributed by atoms with E-state index in [1.54, 1.807) is 32.0 Å². The number of benzene rings is 2. The SMILES string of the molecule is CC(=O)O[C@H](CBr)[C@H](c1cccc(F)c1)N1C(=O)C(C)(C)c2cccc(F)c21. The van der Waals surface area contributed by atoms with Gasteiger partial charge in [-0.1, -0.05) is 40.2 Å². The fourth-order valence-electron chi connectivity index (χ4n) is 3.66. The number of amides is 1. The number of hydrogen-bond donors (Lipinski definition) is 0. The van der Waals surface area contributed by atoms with Gasteiger partial charge in [0, 0.05) is 12.3 Å². The maximum Gasteiger partial charge on any atom is 0.303 e. The fourth-order valence-corrected chi connectivity index (χ4v) is 4.15. The van der Waals surface area contributed by atoms with Crippen molar-refractivity contribution in [2.24, 2.45) is 0 Å². The number of alkyl halides is 1. The lowest BCUT2D eigenvalue weighted by Crippen LogP contribution is -2.45. The van der Waals surface area contributed by atoms with E-state index in [-0.39, 0.29) is 16.9 Å². The van der Waals surface area contributed by atoms with Gasteiger partial charge in [-0.3, -0.25) is 14.5 Å². The maximum atomic E-state index is 14.9. The second-order valence-electron chi connectivity index (χ2n) is 7.24. The van der Waals surface area contributed by atoms with Gasteiger partial charge in [0.05, 0.1) is 17.1 Å². The lowest BCUT2D eigenvalue weighted by Gasteiger charge is -2.35. The average molecular weight is 452 g/mol. The van der Waals surface area contributed by atoms with Crippen LogP contribution >= 0.6 is 15.9 Å². The van der Waals surface area contributed by atoms with Crippen LogP contribution in [0.1, 0.15) is 37.9 Å². The third-order valence-corrected chi connectivity index (χ3v) is 5.58. The van der Waals surface area contributed by atoms with Gasteiger partial charge in [0.2, 0.25) is 5.91 Å². The Balaban J connectivity index is 2.24. The van der Waals surface area contributed by atoms with Crippen molar-refractivity contribution in [2.45, 2.75) is 38.3 Å². The first-order chi connectivity index (χ1) is 13.2. The molecule has 3 rings (SSSR count).